The Bertz CT molecular complexity index is 908. The number of esters is 1. The summed E-state index contributed by atoms with van der Waals surface area (Å²) in [5.41, 5.74) is 2.60. The fourth-order valence-corrected chi connectivity index (χ4v) is 3.39. The lowest BCUT2D eigenvalue weighted by Crippen LogP contribution is -2.16. The van der Waals surface area contributed by atoms with Crippen LogP contribution >= 0.6 is 0 Å². The molecule has 1 heterocycles. The van der Waals surface area contributed by atoms with Crippen molar-refractivity contribution in [3.8, 4) is 28.7 Å². The molecule has 0 saturated heterocycles. The monoisotopic (exact) mass is 400 g/mol. The Balaban J connectivity index is 1.84. The van der Waals surface area contributed by atoms with Gasteiger partial charge in [0.25, 0.3) is 0 Å². The van der Waals surface area contributed by atoms with Crippen molar-refractivity contribution in [1.29, 1.82) is 0 Å². The Labute approximate surface area is 169 Å². The van der Waals surface area contributed by atoms with E-state index in [4.69, 9.17) is 23.7 Å². The number of phenolic OH excluding ortho intramolecular Hbond substituents is 1. The fourth-order valence-electron chi connectivity index (χ4n) is 3.39. The van der Waals surface area contributed by atoms with Crippen molar-refractivity contribution in [3.05, 3.63) is 53.3 Å². The van der Waals surface area contributed by atoms with Crippen molar-refractivity contribution >= 4 is 5.97 Å². The highest BCUT2D eigenvalue weighted by molar-refractivity contribution is 5.79. The minimum absolute atomic E-state index is 0.0675. The number of carbonyl (C=O) groups excluding carboxylic acids is 1. The number of hydrogen-bond acceptors (Lipinski definition) is 7. The quantitative estimate of drug-likeness (QED) is 0.681. The van der Waals surface area contributed by atoms with E-state index in [1.54, 1.807) is 39.5 Å². The molecule has 0 aromatic heterocycles. The largest absolute Gasteiger partial charge is 0.504 e. The van der Waals surface area contributed by atoms with Gasteiger partial charge in [-0.25, -0.2) is 0 Å². The van der Waals surface area contributed by atoms with Gasteiger partial charge in [-0.05, 0) is 53.8 Å². The summed E-state index contributed by atoms with van der Waals surface area (Å²) >= 11 is 0. The summed E-state index contributed by atoms with van der Waals surface area (Å²) < 4.78 is 26.5. The van der Waals surface area contributed by atoms with Gasteiger partial charge >= 0.3 is 5.97 Å². The maximum absolute atomic E-state index is 12.4. The molecule has 1 unspecified atom stereocenters. The zero-order chi connectivity index (χ0) is 21.0. The van der Waals surface area contributed by atoms with E-state index in [9.17, 15) is 9.90 Å². The van der Waals surface area contributed by atoms with Gasteiger partial charge < -0.3 is 28.8 Å². The molecule has 0 amide bonds. The van der Waals surface area contributed by atoms with Crippen LogP contribution in [-0.2, 0) is 22.4 Å². The van der Waals surface area contributed by atoms with Crippen LogP contribution in [-0.4, -0.2) is 39.5 Å². The molecule has 7 heteroatoms. The van der Waals surface area contributed by atoms with Gasteiger partial charge in [0.05, 0.1) is 40.6 Å². The van der Waals surface area contributed by atoms with E-state index in [2.05, 4.69) is 0 Å². The third-order valence-electron chi connectivity index (χ3n) is 4.88. The normalized spacial score (nSPS) is 15.5. The van der Waals surface area contributed by atoms with Gasteiger partial charge in [-0.2, -0.15) is 0 Å². The van der Waals surface area contributed by atoms with Crippen LogP contribution in [0.5, 0.6) is 28.7 Å². The van der Waals surface area contributed by atoms with Gasteiger partial charge in [-0.3, -0.25) is 4.79 Å². The van der Waals surface area contributed by atoms with E-state index in [1.807, 2.05) is 12.1 Å². The lowest BCUT2D eigenvalue weighted by Gasteiger charge is -2.16. The molecule has 2 aromatic carbocycles. The van der Waals surface area contributed by atoms with E-state index < -0.39 is 5.92 Å². The Morgan fingerprint density at radius 3 is 2.10 bits per heavy atom. The second-order valence-electron chi connectivity index (χ2n) is 6.60. The maximum Gasteiger partial charge on any atom is 0.318 e. The SMILES string of the molecule is COc1cc(CC2=COC(=O)C2Cc2cc(OC)c(OC)c(OC)c2)ccc1O. The fraction of sp³-hybridized carbons (Fsp3) is 0.318. The molecule has 1 aliphatic heterocycles. The number of cyclic esters (lactones) is 1. The summed E-state index contributed by atoms with van der Waals surface area (Å²) in [6, 6.07) is 8.76. The van der Waals surface area contributed by atoms with Crippen LogP contribution in [0.25, 0.3) is 0 Å². The molecule has 154 valence electrons. The summed E-state index contributed by atoms with van der Waals surface area (Å²) in [4.78, 5) is 12.4. The van der Waals surface area contributed by atoms with Gasteiger partial charge in [0.15, 0.2) is 23.0 Å². The van der Waals surface area contributed by atoms with Crippen LogP contribution in [0, 0.1) is 5.92 Å². The number of carbonyl (C=O) groups is 1. The first-order valence-corrected chi connectivity index (χ1v) is 9.04. The van der Waals surface area contributed by atoms with Crippen LogP contribution in [0.3, 0.4) is 0 Å². The third kappa shape index (κ3) is 4.23. The molecule has 0 spiro atoms. The predicted molar refractivity (Wildman–Crippen MR) is 106 cm³/mol. The summed E-state index contributed by atoms with van der Waals surface area (Å²) in [6.07, 6.45) is 2.43. The highest BCUT2D eigenvalue weighted by Crippen LogP contribution is 2.40. The summed E-state index contributed by atoms with van der Waals surface area (Å²) in [7, 11) is 6.14. The van der Waals surface area contributed by atoms with E-state index in [1.165, 1.54) is 13.4 Å². The van der Waals surface area contributed by atoms with Gasteiger partial charge in [0.2, 0.25) is 5.75 Å². The number of phenols is 1. The molecule has 7 nitrogen and oxygen atoms in total. The third-order valence-corrected chi connectivity index (χ3v) is 4.88. The highest BCUT2D eigenvalue weighted by Gasteiger charge is 2.31. The molecule has 1 N–H and O–H groups in total. The number of methoxy groups -OCH3 is 4. The van der Waals surface area contributed by atoms with Gasteiger partial charge in [-0.15, -0.1) is 0 Å². The van der Waals surface area contributed by atoms with E-state index in [0.717, 1.165) is 16.7 Å². The predicted octanol–water partition coefficient (Wildman–Crippen LogP) is 3.27. The first-order chi connectivity index (χ1) is 14.0. The molecule has 0 radical (unpaired) electrons. The first-order valence-electron chi connectivity index (χ1n) is 9.04. The molecule has 0 aliphatic carbocycles. The molecule has 1 aliphatic rings. The summed E-state index contributed by atoms with van der Waals surface area (Å²) in [5.74, 6) is 1.27. The van der Waals surface area contributed by atoms with Crippen molar-refractivity contribution in [2.75, 3.05) is 28.4 Å². The smallest absolute Gasteiger partial charge is 0.318 e. The van der Waals surface area contributed by atoms with Crippen LogP contribution in [0.1, 0.15) is 11.1 Å². The number of benzene rings is 2. The molecular weight excluding hydrogens is 376 g/mol. The van der Waals surface area contributed by atoms with Crippen molar-refractivity contribution in [3.63, 3.8) is 0 Å². The molecule has 29 heavy (non-hydrogen) atoms. The molecule has 3 rings (SSSR count). The van der Waals surface area contributed by atoms with Crippen molar-refractivity contribution in [2.24, 2.45) is 5.92 Å². The van der Waals surface area contributed by atoms with E-state index >= 15 is 0 Å². The minimum atomic E-state index is -0.433. The van der Waals surface area contributed by atoms with Crippen LogP contribution in [0.2, 0.25) is 0 Å². The van der Waals surface area contributed by atoms with Crippen LogP contribution in [0.15, 0.2) is 42.2 Å². The number of rotatable bonds is 8. The molecule has 0 fully saturated rings. The average Bonchev–Trinajstić information content (AvgIpc) is 3.07. The zero-order valence-electron chi connectivity index (χ0n) is 16.9. The number of hydrogen-bond donors (Lipinski definition) is 1. The minimum Gasteiger partial charge on any atom is -0.504 e. The Morgan fingerprint density at radius 1 is 0.897 bits per heavy atom. The second-order valence-corrected chi connectivity index (χ2v) is 6.60. The summed E-state index contributed by atoms with van der Waals surface area (Å²) in [5, 5.41) is 9.77. The maximum atomic E-state index is 12.4. The van der Waals surface area contributed by atoms with Gasteiger partial charge in [-0.1, -0.05) is 6.07 Å². The highest BCUT2D eigenvalue weighted by atomic mass is 16.5. The van der Waals surface area contributed by atoms with E-state index in [0.29, 0.717) is 35.8 Å². The van der Waals surface area contributed by atoms with Crippen LogP contribution < -0.4 is 18.9 Å². The number of ether oxygens (including phenoxy) is 5. The van der Waals surface area contributed by atoms with Gasteiger partial charge in [0.1, 0.15) is 0 Å². The Morgan fingerprint density at radius 2 is 1.52 bits per heavy atom. The standard InChI is InChI=1S/C22H24O7/c1-25-18-9-13(5-6-17(18)23)7-15-12-29-22(24)16(15)8-14-10-19(26-2)21(28-4)20(11-14)27-3/h5-6,9-12,16,23H,7-8H2,1-4H3. The van der Waals surface area contributed by atoms with Crippen molar-refractivity contribution in [2.45, 2.75) is 12.8 Å². The number of aromatic hydroxyl groups is 1. The molecule has 0 saturated carbocycles. The topological polar surface area (TPSA) is 83.5 Å². The Hall–Kier alpha value is -3.35. The first kappa shape index (κ1) is 20.4. The van der Waals surface area contributed by atoms with Crippen LogP contribution in [0.4, 0.5) is 0 Å². The Kier molecular flexibility index (Phi) is 6.16. The molecule has 1 atom stereocenters. The summed E-state index contributed by atoms with van der Waals surface area (Å²) in [6.45, 7) is 0. The van der Waals surface area contributed by atoms with Gasteiger partial charge in [0, 0.05) is 0 Å². The lowest BCUT2D eigenvalue weighted by molar-refractivity contribution is -0.139. The zero-order valence-corrected chi connectivity index (χ0v) is 16.9. The lowest BCUT2D eigenvalue weighted by atomic mass is 9.89. The average molecular weight is 400 g/mol. The van der Waals surface area contributed by atoms with Crippen molar-refractivity contribution < 1.29 is 33.6 Å². The van der Waals surface area contributed by atoms with E-state index in [-0.39, 0.29) is 11.7 Å². The molecule has 2 aromatic rings. The molecule has 0 bridgehead atoms. The molecular formula is C22H24O7. The van der Waals surface area contributed by atoms with Crippen molar-refractivity contribution in [1.82, 2.24) is 0 Å². The second kappa shape index (κ2) is 8.77.